The fraction of sp³-hybridized carbons (Fsp3) is 0.739. The van der Waals surface area contributed by atoms with Crippen molar-refractivity contribution >= 4 is 19.8 Å². The monoisotopic (exact) mass is 394 g/mol. The van der Waals surface area contributed by atoms with E-state index in [1.165, 1.54) is 10.3 Å². The first-order valence-electron chi connectivity index (χ1n) is 10.1. The first kappa shape index (κ1) is 23.6. The van der Waals surface area contributed by atoms with Crippen molar-refractivity contribution < 1.29 is 5.11 Å². The van der Waals surface area contributed by atoms with E-state index in [9.17, 15) is 5.11 Å². The summed E-state index contributed by atoms with van der Waals surface area (Å²) in [5, 5.41) is 12.6. The van der Waals surface area contributed by atoms with Crippen LogP contribution in [-0.2, 0) is 12.8 Å². The zero-order chi connectivity index (χ0) is 20.6. The van der Waals surface area contributed by atoms with Crippen LogP contribution in [0.5, 0.6) is 5.75 Å². The van der Waals surface area contributed by atoms with Crippen molar-refractivity contribution in [1.82, 2.24) is 0 Å². The fourth-order valence-corrected chi connectivity index (χ4v) is 19.5. The van der Waals surface area contributed by atoms with Crippen molar-refractivity contribution in [1.29, 1.82) is 0 Å². The summed E-state index contributed by atoms with van der Waals surface area (Å²) < 4.78 is 0. The van der Waals surface area contributed by atoms with Crippen LogP contribution in [0.15, 0.2) is 17.0 Å². The van der Waals surface area contributed by atoms with Crippen LogP contribution in [0.4, 0.5) is 0 Å². The molecule has 3 heteroatoms. The smallest absolute Gasteiger partial charge is 0.122 e. The summed E-state index contributed by atoms with van der Waals surface area (Å²) >= 11 is 2.03. The Morgan fingerprint density at radius 1 is 0.769 bits per heavy atom. The molecule has 0 spiro atoms. The summed E-state index contributed by atoms with van der Waals surface area (Å²) in [7, 11) is -1.75. The summed E-state index contributed by atoms with van der Waals surface area (Å²) in [6.45, 7) is 26.4. The molecule has 150 valence electrons. The van der Waals surface area contributed by atoms with E-state index in [-0.39, 0.29) is 0 Å². The molecule has 0 aliphatic carbocycles. The van der Waals surface area contributed by atoms with Gasteiger partial charge >= 0.3 is 0 Å². The number of phenols is 1. The minimum absolute atomic E-state index is 0.314. The Balaban J connectivity index is 3.40. The SMILES string of the molecule is CCc1cc(SC[Si](C(C)(C)C)(C(C)(C)C)C(C)(C)C)cc(CC)c1O. The third kappa shape index (κ3) is 4.35. The minimum atomic E-state index is -1.75. The van der Waals surface area contributed by atoms with Crippen molar-refractivity contribution in [2.45, 2.75) is 109 Å². The van der Waals surface area contributed by atoms with Gasteiger partial charge in [0, 0.05) is 4.90 Å². The molecule has 0 unspecified atom stereocenters. The van der Waals surface area contributed by atoms with Crippen LogP contribution in [0.1, 0.15) is 87.3 Å². The van der Waals surface area contributed by atoms with Crippen LogP contribution < -0.4 is 0 Å². The predicted molar refractivity (Wildman–Crippen MR) is 122 cm³/mol. The van der Waals surface area contributed by atoms with Crippen LogP contribution in [0.2, 0.25) is 15.1 Å². The van der Waals surface area contributed by atoms with E-state index in [0.717, 1.165) is 24.0 Å². The zero-order valence-electron chi connectivity index (χ0n) is 19.1. The lowest BCUT2D eigenvalue weighted by molar-refractivity contribution is 0.461. The summed E-state index contributed by atoms with van der Waals surface area (Å²) in [6, 6.07) is 4.43. The number of aryl methyl sites for hydroxylation is 2. The van der Waals surface area contributed by atoms with E-state index in [0.29, 0.717) is 20.9 Å². The van der Waals surface area contributed by atoms with Crippen LogP contribution in [0.3, 0.4) is 0 Å². The second kappa shape index (κ2) is 7.91. The molecule has 1 aromatic carbocycles. The van der Waals surface area contributed by atoms with Gasteiger partial charge in [-0.25, -0.2) is 0 Å². The second-order valence-corrected chi connectivity index (χ2v) is 19.0. The Hall–Kier alpha value is -0.413. The molecule has 0 aliphatic rings. The standard InChI is InChI=1S/C23H42OSSi/c1-12-17-14-19(15-18(13-2)20(17)24)25-16-26(21(3,4)5,22(6,7)8)23(9,10)11/h14-15,24H,12-13,16H2,1-11H3. The maximum atomic E-state index is 10.4. The van der Waals surface area contributed by atoms with Gasteiger partial charge in [-0.05, 0) is 56.6 Å². The van der Waals surface area contributed by atoms with E-state index >= 15 is 0 Å². The Morgan fingerprint density at radius 2 is 1.12 bits per heavy atom. The first-order chi connectivity index (χ1) is 11.6. The van der Waals surface area contributed by atoms with Crippen molar-refractivity contribution in [2.75, 3.05) is 5.38 Å². The Labute approximate surface area is 168 Å². The van der Waals surface area contributed by atoms with Gasteiger partial charge in [-0.3, -0.25) is 0 Å². The molecule has 0 bridgehead atoms. The van der Waals surface area contributed by atoms with Gasteiger partial charge in [0.25, 0.3) is 0 Å². The fourth-order valence-electron chi connectivity index (χ4n) is 5.57. The third-order valence-electron chi connectivity index (χ3n) is 6.30. The van der Waals surface area contributed by atoms with Crippen molar-refractivity contribution in [3.05, 3.63) is 23.3 Å². The van der Waals surface area contributed by atoms with Gasteiger partial charge in [-0.1, -0.05) is 76.2 Å². The van der Waals surface area contributed by atoms with Crippen molar-refractivity contribution in [2.24, 2.45) is 0 Å². The molecule has 0 saturated heterocycles. The lowest BCUT2D eigenvalue weighted by Gasteiger charge is -2.59. The van der Waals surface area contributed by atoms with Gasteiger partial charge in [0.15, 0.2) is 0 Å². The number of aromatic hydroxyl groups is 1. The van der Waals surface area contributed by atoms with E-state index < -0.39 is 8.07 Å². The van der Waals surface area contributed by atoms with Crippen molar-refractivity contribution in [3.63, 3.8) is 0 Å². The summed E-state index contributed by atoms with van der Waals surface area (Å²) in [5.41, 5.74) is 2.17. The Kier molecular flexibility index (Phi) is 7.19. The number of rotatable bonds is 5. The molecular formula is C23H42OSSi. The topological polar surface area (TPSA) is 20.2 Å². The van der Waals surface area contributed by atoms with E-state index in [2.05, 4.69) is 88.3 Å². The van der Waals surface area contributed by atoms with Gasteiger partial charge < -0.3 is 5.11 Å². The highest BCUT2D eigenvalue weighted by Crippen LogP contribution is 2.63. The number of hydrogen-bond acceptors (Lipinski definition) is 2. The van der Waals surface area contributed by atoms with Crippen LogP contribution >= 0.6 is 11.8 Å². The highest BCUT2D eigenvalue weighted by molar-refractivity contribution is 8.01. The van der Waals surface area contributed by atoms with E-state index in [4.69, 9.17) is 0 Å². The van der Waals surface area contributed by atoms with Gasteiger partial charge in [0.1, 0.15) is 5.75 Å². The van der Waals surface area contributed by atoms with Crippen LogP contribution in [0.25, 0.3) is 0 Å². The quantitative estimate of drug-likeness (QED) is 0.403. The number of hydrogen-bond donors (Lipinski definition) is 1. The summed E-state index contributed by atoms with van der Waals surface area (Å²) in [4.78, 5) is 1.33. The molecule has 0 heterocycles. The lowest BCUT2D eigenvalue weighted by Crippen LogP contribution is -2.60. The van der Waals surface area contributed by atoms with Gasteiger partial charge in [-0.2, -0.15) is 0 Å². The molecule has 0 radical (unpaired) electrons. The molecule has 1 nitrogen and oxygen atoms in total. The summed E-state index contributed by atoms with van der Waals surface area (Å²) in [6.07, 6.45) is 1.77. The first-order valence-corrected chi connectivity index (χ1v) is 13.3. The Morgan fingerprint density at radius 3 is 1.38 bits per heavy atom. The molecule has 26 heavy (non-hydrogen) atoms. The highest BCUT2D eigenvalue weighted by Gasteiger charge is 2.59. The van der Waals surface area contributed by atoms with Crippen molar-refractivity contribution in [3.8, 4) is 5.75 Å². The molecule has 1 rings (SSSR count). The zero-order valence-corrected chi connectivity index (χ0v) is 20.9. The molecule has 0 aromatic heterocycles. The average molecular weight is 395 g/mol. The molecule has 0 atom stereocenters. The predicted octanol–water partition coefficient (Wildman–Crippen LogP) is 8.00. The van der Waals surface area contributed by atoms with E-state index in [1.807, 2.05) is 11.8 Å². The van der Waals surface area contributed by atoms with E-state index in [1.54, 1.807) is 0 Å². The van der Waals surface area contributed by atoms with Gasteiger partial charge in [-0.15, -0.1) is 11.8 Å². The second-order valence-electron chi connectivity index (χ2n) is 10.7. The molecule has 1 aromatic rings. The molecule has 1 N–H and O–H groups in total. The number of phenolic OH excluding ortho intramolecular Hbond substituents is 1. The largest absolute Gasteiger partial charge is 0.507 e. The third-order valence-corrected chi connectivity index (χ3v) is 16.9. The molecule has 0 aliphatic heterocycles. The van der Waals surface area contributed by atoms with Crippen LogP contribution in [-0.4, -0.2) is 18.6 Å². The molecular weight excluding hydrogens is 352 g/mol. The van der Waals surface area contributed by atoms with Crippen LogP contribution in [0, 0.1) is 0 Å². The average Bonchev–Trinajstić information content (AvgIpc) is 2.44. The Bertz CT molecular complexity index is 554. The molecule has 0 amide bonds. The number of thioether (sulfide) groups is 1. The highest BCUT2D eigenvalue weighted by atomic mass is 32.2. The lowest BCUT2D eigenvalue weighted by atomic mass is 10.1. The van der Waals surface area contributed by atoms with Gasteiger partial charge in [0.2, 0.25) is 0 Å². The maximum Gasteiger partial charge on any atom is 0.122 e. The van der Waals surface area contributed by atoms with Gasteiger partial charge in [0.05, 0.1) is 8.07 Å². The normalized spacial score (nSPS) is 14.0. The minimum Gasteiger partial charge on any atom is -0.507 e. The number of benzene rings is 1. The maximum absolute atomic E-state index is 10.4. The summed E-state index contributed by atoms with van der Waals surface area (Å²) in [5.74, 6) is 0.505. The molecule has 0 fully saturated rings. The molecule has 0 saturated carbocycles.